The molecule has 0 fully saturated rings. The Bertz CT molecular complexity index is 871. The topological polar surface area (TPSA) is 98.5 Å². The van der Waals surface area contributed by atoms with Crippen LogP contribution in [0.1, 0.15) is 36.9 Å². The second-order valence-electron chi connectivity index (χ2n) is 6.29. The summed E-state index contributed by atoms with van der Waals surface area (Å²) in [5.74, 6) is 0.641. The van der Waals surface area contributed by atoms with Crippen molar-refractivity contribution in [1.29, 1.82) is 0 Å². The molecule has 1 aliphatic carbocycles. The number of nitrogens with one attached hydrogen (secondary N) is 1. The quantitative estimate of drug-likeness (QED) is 0.795. The van der Waals surface area contributed by atoms with Crippen molar-refractivity contribution < 1.29 is 22.5 Å². The maximum atomic E-state index is 12.3. The minimum absolute atomic E-state index is 0.0960. The fourth-order valence-corrected chi connectivity index (χ4v) is 4.31. The zero-order valence-corrected chi connectivity index (χ0v) is 15.5. The number of hydrogen-bond acceptors (Lipinski definition) is 6. The number of fused-ring (bicyclic) bond motifs is 1. The highest BCUT2D eigenvalue weighted by molar-refractivity contribution is 7.91. The van der Waals surface area contributed by atoms with E-state index >= 15 is 0 Å². The van der Waals surface area contributed by atoms with Gasteiger partial charge in [-0.1, -0.05) is 5.16 Å². The maximum absolute atomic E-state index is 12.3. The number of nitrogens with zero attached hydrogens (tertiary/aromatic N) is 1. The molecular weight excluding hydrogens is 356 g/mol. The van der Waals surface area contributed by atoms with Gasteiger partial charge in [-0.15, -0.1) is 0 Å². The zero-order chi connectivity index (χ0) is 18.6. The number of benzene rings is 1. The molecule has 0 saturated carbocycles. The van der Waals surface area contributed by atoms with Gasteiger partial charge in [-0.3, -0.25) is 10.1 Å². The van der Waals surface area contributed by atoms with E-state index in [2.05, 4.69) is 10.5 Å². The summed E-state index contributed by atoms with van der Waals surface area (Å²) in [4.78, 5) is 12.3. The van der Waals surface area contributed by atoms with Gasteiger partial charge in [-0.2, -0.15) is 0 Å². The van der Waals surface area contributed by atoms with Gasteiger partial charge in [0.25, 0.3) is 0 Å². The van der Waals surface area contributed by atoms with Gasteiger partial charge in [0.05, 0.1) is 23.5 Å². The predicted molar refractivity (Wildman–Crippen MR) is 96.1 cm³/mol. The van der Waals surface area contributed by atoms with Gasteiger partial charge in [-0.05, 0) is 56.4 Å². The first-order valence-corrected chi connectivity index (χ1v) is 10.3. The molecule has 0 saturated heterocycles. The van der Waals surface area contributed by atoms with Crippen LogP contribution >= 0.6 is 0 Å². The number of carbonyl (C=O) groups is 1. The third-order valence-corrected chi connectivity index (χ3v) is 6.26. The van der Waals surface area contributed by atoms with Crippen LogP contribution in [0.5, 0.6) is 5.75 Å². The molecular formula is C18H22N2O5S. The van der Waals surface area contributed by atoms with Crippen molar-refractivity contribution in [2.45, 2.75) is 43.4 Å². The number of rotatable bonds is 7. The summed E-state index contributed by atoms with van der Waals surface area (Å²) < 4.78 is 34.9. The molecule has 0 atom stereocenters. The fraction of sp³-hybridized carbons (Fsp3) is 0.444. The number of hydrogen-bond donors (Lipinski definition) is 1. The van der Waals surface area contributed by atoms with Crippen LogP contribution in [-0.4, -0.2) is 32.3 Å². The van der Waals surface area contributed by atoms with Crippen LogP contribution in [0, 0.1) is 0 Å². The number of methoxy groups -OCH3 is 1. The summed E-state index contributed by atoms with van der Waals surface area (Å²) in [6, 6.07) is 6.23. The van der Waals surface area contributed by atoms with E-state index in [-0.39, 0.29) is 29.4 Å². The highest BCUT2D eigenvalue weighted by Gasteiger charge is 2.21. The van der Waals surface area contributed by atoms with Crippen LogP contribution < -0.4 is 10.1 Å². The van der Waals surface area contributed by atoms with Crippen molar-refractivity contribution in [2.24, 2.45) is 0 Å². The third kappa shape index (κ3) is 4.24. The van der Waals surface area contributed by atoms with Crippen molar-refractivity contribution >= 4 is 21.6 Å². The van der Waals surface area contributed by atoms with Gasteiger partial charge < -0.3 is 9.26 Å². The standard InChI is InChI=1S/C18H22N2O5S/c1-24-13-8-10-14(11-9-13)26(22,23)12-4-7-17(21)19-18-15-5-2-3-6-16(15)20-25-18/h8-11H,2-7,12H2,1H3,(H,19,21). The summed E-state index contributed by atoms with van der Waals surface area (Å²) in [6.45, 7) is 0. The molecule has 7 nitrogen and oxygen atoms in total. The SMILES string of the molecule is COc1ccc(S(=O)(=O)CCCC(=O)Nc2onc3c2CCCC3)cc1. The molecule has 1 N–H and O–H groups in total. The Labute approximate surface area is 152 Å². The molecule has 2 aromatic rings. The van der Waals surface area contributed by atoms with Gasteiger partial charge >= 0.3 is 0 Å². The Morgan fingerprint density at radius 3 is 2.69 bits per heavy atom. The first-order chi connectivity index (χ1) is 12.5. The first-order valence-electron chi connectivity index (χ1n) is 8.63. The fourth-order valence-electron chi connectivity index (χ4n) is 3.00. The third-order valence-electron chi connectivity index (χ3n) is 4.45. The van der Waals surface area contributed by atoms with Gasteiger partial charge in [0, 0.05) is 12.0 Å². The summed E-state index contributed by atoms with van der Waals surface area (Å²) in [5.41, 5.74) is 1.88. The Morgan fingerprint density at radius 2 is 1.96 bits per heavy atom. The number of anilines is 1. The molecule has 0 spiro atoms. The van der Waals surface area contributed by atoms with Crippen LogP contribution in [0.25, 0.3) is 0 Å². The molecule has 26 heavy (non-hydrogen) atoms. The zero-order valence-electron chi connectivity index (χ0n) is 14.7. The molecule has 0 unspecified atom stereocenters. The Balaban J connectivity index is 1.52. The lowest BCUT2D eigenvalue weighted by Crippen LogP contribution is -2.15. The number of ether oxygens (including phenoxy) is 1. The monoisotopic (exact) mass is 378 g/mol. The number of aryl methyl sites for hydroxylation is 1. The summed E-state index contributed by atoms with van der Waals surface area (Å²) in [7, 11) is -1.91. The minimum Gasteiger partial charge on any atom is -0.497 e. The molecule has 3 rings (SSSR count). The maximum Gasteiger partial charge on any atom is 0.234 e. The lowest BCUT2D eigenvalue weighted by Gasteiger charge is -2.09. The summed E-state index contributed by atoms with van der Waals surface area (Å²) >= 11 is 0. The second kappa shape index (κ2) is 7.90. The number of sulfone groups is 1. The number of amides is 1. The molecule has 1 amide bonds. The Morgan fingerprint density at radius 1 is 1.23 bits per heavy atom. The lowest BCUT2D eigenvalue weighted by molar-refractivity contribution is -0.116. The molecule has 1 heterocycles. The highest BCUT2D eigenvalue weighted by Crippen LogP contribution is 2.27. The smallest absolute Gasteiger partial charge is 0.234 e. The van der Waals surface area contributed by atoms with E-state index in [4.69, 9.17) is 9.26 Å². The number of aromatic nitrogens is 1. The van der Waals surface area contributed by atoms with Gasteiger partial charge in [0.15, 0.2) is 9.84 Å². The highest BCUT2D eigenvalue weighted by atomic mass is 32.2. The van der Waals surface area contributed by atoms with Crippen molar-refractivity contribution in [2.75, 3.05) is 18.2 Å². The average Bonchev–Trinajstić information content (AvgIpc) is 3.04. The van der Waals surface area contributed by atoms with Crippen LogP contribution in [0.3, 0.4) is 0 Å². The van der Waals surface area contributed by atoms with E-state index in [0.29, 0.717) is 11.6 Å². The molecule has 1 aromatic carbocycles. The Kier molecular flexibility index (Phi) is 5.61. The Hall–Kier alpha value is -2.35. The van der Waals surface area contributed by atoms with Gasteiger partial charge in [0.2, 0.25) is 11.8 Å². The molecule has 1 aromatic heterocycles. The first kappa shape index (κ1) is 18.4. The van der Waals surface area contributed by atoms with E-state index < -0.39 is 9.84 Å². The van der Waals surface area contributed by atoms with Crippen molar-refractivity contribution in [3.8, 4) is 5.75 Å². The van der Waals surface area contributed by atoms with Crippen LogP contribution in [-0.2, 0) is 27.5 Å². The van der Waals surface area contributed by atoms with E-state index in [9.17, 15) is 13.2 Å². The van der Waals surface area contributed by atoms with Crippen LogP contribution in [0.4, 0.5) is 5.88 Å². The van der Waals surface area contributed by atoms with Crippen molar-refractivity contribution in [3.05, 3.63) is 35.5 Å². The molecule has 0 aliphatic heterocycles. The predicted octanol–water partition coefficient (Wildman–Crippen LogP) is 2.75. The summed E-state index contributed by atoms with van der Waals surface area (Å²) in [6.07, 6.45) is 4.18. The molecule has 8 heteroatoms. The van der Waals surface area contributed by atoms with E-state index in [1.165, 1.54) is 19.2 Å². The van der Waals surface area contributed by atoms with Crippen LogP contribution in [0.15, 0.2) is 33.7 Å². The normalized spacial score (nSPS) is 13.9. The molecule has 140 valence electrons. The molecule has 1 aliphatic rings. The molecule has 0 radical (unpaired) electrons. The minimum atomic E-state index is -3.43. The number of carbonyl (C=O) groups excluding carboxylic acids is 1. The van der Waals surface area contributed by atoms with E-state index in [1.807, 2.05) is 0 Å². The average molecular weight is 378 g/mol. The van der Waals surface area contributed by atoms with E-state index in [1.54, 1.807) is 12.1 Å². The van der Waals surface area contributed by atoms with Crippen molar-refractivity contribution in [3.63, 3.8) is 0 Å². The molecule has 0 bridgehead atoms. The van der Waals surface area contributed by atoms with E-state index in [0.717, 1.165) is 36.9 Å². The second-order valence-corrected chi connectivity index (χ2v) is 8.40. The summed E-state index contributed by atoms with van der Waals surface area (Å²) in [5, 5.41) is 6.70. The van der Waals surface area contributed by atoms with Gasteiger partial charge in [0.1, 0.15) is 5.75 Å². The van der Waals surface area contributed by atoms with Gasteiger partial charge in [-0.25, -0.2) is 8.42 Å². The lowest BCUT2D eigenvalue weighted by atomic mass is 9.98. The van der Waals surface area contributed by atoms with Crippen molar-refractivity contribution in [1.82, 2.24) is 5.16 Å². The largest absolute Gasteiger partial charge is 0.497 e. The van der Waals surface area contributed by atoms with Crippen LogP contribution in [0.2, 0.25) is 0 Å².